The topological polar surface area (TPSA) is 56.8 Å². The number of thiol groups is 1. The van der Waals surface area contributed by atoms with Crippen LogP contribution in [0, 0.1) is 12.3 Å². The number of hydrogen-bond acceptors (Lipinski definition) is 5. The van der Waals surface area contributed by atoms with Gasteiger partial charge in [0.15, 0.2) is 11.5 Å². The van der Waals surface area contributed by atoms with E-state index in [0.29, 0.717) is 36.6 Å². The van der Waals surface area contributed by atoms with Crippen LogP contribution in [-0.2, 0) is 27.3 Å². The molecule has 30 heavy (non-hydrogen) atoms. The molecule has 0 fully saturated rings. The van der Waals surface area contributed by atoms with Crippen LogP contribution in [0.4, 0.5) is 0 Å². The van der Waals surface area contributed by atoms with Crippen LogP contribution >= 0.6 is 12.6 Å². The van der Waals surface area contributed by atoms with Gasteiger partial charge in [0.05, 0.1) is 7.11 Å². The maximum absolute atomic E-state index is 12.9. The zero-order chi connectivity index (χ0) is 22.0. The van der Waals surface area contributed by atoms with Crippen LogP contribution in [0.3, 0.4) is 0 Å². The first kappa shape index (κ1) is 23.7. The number of amides is 1. The number of carbonyl (C=O) groups excluding carboxylic acids is 1. The van der Waals surface area contributed by atoms with E-state index in [2.05, 4.69) is 30.8 Å². The molecule has 1 unspecified atom stereocenters. The summed E-state index contributed by atoms with van der Waals surface area (Å²) in [6.45, 7) is 4.89. The highest BCUT2D eigenvalue weighted by molar-refractivity contribution is 7.82. The van der Waals surface area contributed by atoms with Gasteiger partial charge in [0, 0.05) is 18.7 Å². The van der Waals surface area contributed by atoms with Gasteiger partial charge in [-0.15, -0.1) is 19.1 Å². The number of rotatable bonds is 11. The van der Waals surface area contributed by atoms with Crippen LogP contribution in [0.2, 0.25) is 0 Å². The predicted octanol–water partition coefficient (Wildman–Crippen LogP) is 3.75. The lowest BCUT2D eigenvalue weighted by Crippen LogP contribution is -2.43. The number of aryl methyl sites for hydroxylation is 1. The molecule has 160 valence electrons. The van der Waals surface area contributed by atoms with Crippen molar-refractivity contribution in [2.75, 3.05) is 26.9 Å². The van der Waals surface area contributed by atoms with Crippen LogP contribution in [0.15, 0.2) is 42.5 Å². The Kier molecular flexibility index (Phi) is 9.10. The summed E-state index contributed by atoms with van der Waals surface area (Å²) in [6, 6.07) is 13.4. The zero-order valence-electron chi connectivity index (χ0n) is 17.7. The third-order valence-electron chi connectivity index (χ3n) is 4.65. The van der Waals surface area contributed by atoms with Crippen molar-refractivity contribution in [3.8, 4) is 23.8 Å². The van der Waals surface area contributed by atoms with Gasteiger partial charge in [-0.25, -0.2) is 0 Å². The Bertz CT molecular complexity index is 876. The first-order valence-corrected chi connectivity index (χ1v) is 10.4. The molecule has 1 amide bonds. The van der Waals surface area contributed by atoms with Crippen LogP contribution in [0.25, 0.3) is 0 Å². The van der Waals surface area contributed by atoms with Crippen LogP contribution < -0.4 is 14.8 Å². The highest BCUT2D eigenvalue weighted by Gasteiger charge is 2.37. The molecule has 0 spiro atoms. The number of nitrogens with one attached hydrogen (secondary N) is 1. The Labute approximate surface area is 184 Å². The molecule has 0 saturated heterocycles. The van der Waals surface area contributed by atoms with Gasteiger partial charge in [-0.3, -0.25) is 4.79 Å². The molecule has 6 heteroatoms. The maximum Gasteiger partial charge on any atom is 0.267 e. The fourth-order valence-electron chi connectivity index (χ4n) is 3.00. The number of benzene rings is 2. The molecule has 2 rings (SSSR count). The molecule has 2 aromatic carbocycles. The Balaban J connectivity index is 2.04. The number of carbonyl (C=O) groups is 1. The van der Waals surface area contributed by atoms with Crippen molar-refractivity contribution in [2.45, 2.75) is 31.6 Å². The average molecular weight is 428 g/mol. The van der Waals surface area contributed by atoms with E-state index in [1.165, 1.54) is 5.56 Å². The molecular formula is C24H29NO4S. The largest absolute Gasteiger partial charge is 0.493 e. The Morgan fingerprint density at radius 2 is 1.83 bits per heavy atom. The third-order valence-corrected chi connectivity index (χ3v) is 5.24. The van der Waals surface area contributed by atoms with E-state index in [1.807, 2.05) is 49.4 Å². The van der Waals surface area contributed by atoms with E-state index in [1.54, 1.807) is 7.11 Å². The second kappa shape index (κ2) is 11.5. The summed E-state index contributed by atoms with van der Waals surface area (Å²) in [5.41, 5.74) is 2.89. The van der Waals surface area contributed by atoms with E-state index in [4.69, 9.17) is 20.6 Å². The number of methoxy groups -OCH3 is 1. The lowest BCUT2D eigenvalue weighted by molar-refractivity contribution is -0.136. The minimum absolute atomic E-state index is 0.173. The summed E-state index contributed by atoms with van der Waals surface area (Å²) in [5.74, 6) is 3.32. The lowest BCUT2D eigenvalue weighted by Gasteiger charge is -2.28. The van der Waals surface area contributed by atoms with Crippen LogP contribution in [-0.4, -0.2) is 32.8 Å². The smallest absolute Gasteiger partial charge is 0.267 e. The summed E-state index contributed by atoms with van der Waals surface area (Å²) in [4.78, 5) is 11.6. The van der Waals surface area contributed by atoms with Crippen molar-refractivity contribution in [2.24, 2.45) is 0 Å². The number of ether oxygens (including phenoxy) is 3. The quantitative estimate of drug-likeness (QED) is 0.326. The first-order valence-electron chi connectivity index (χ1n) is 9.95. The summed E-state index contributed by atoms with van der Waals surface area (Å²) in [7, 11) is 1.57. The molecule has 0 aliphatic rings. The molecule has 0 bridgehead atoms. The van der Waals surface area contributed by atoms with E-state index in [-0.39, 0.29) is 12.5 Å². The normalized spacial score (nSPS) is 12.5. The predicted molar refractivity (Wildman–Crippen MR) is 122 cm³/mol. The monoisotopic (exact) mass is 427 g/mol. The van der Waals surface area contributed by atoms with Gasteiger partial charge in [0.1, 0.15) is 6.61 Å². The van der Waals surface area contributed by atoms with Gasteiger partial charge in [0.25, 0.3) is 5.91 Å². The lowest BCUT2D eigenvalue weighted by atomic mass is 10.0. The minimum Gasteiger partial charge on any atom is -0.493 e. The van der Waals surface area contributed by atoms with Crippen LogP contribution in [0.5, 0.6) is 11.5 Å². The minimum atomic E-state index is -1.34. The first-order chi connectivity index (χ1) is 14.5. The van der Waals surface area contributed by atoms with Crippen molar-refractivity contribution < 1.29 is 19.0 Å². The molecular weight excluding hydrogens is 398 g/mol. The van der Waals surface area contributed by atoms with Crippen LogP contribution in [0.1, 0.15) is 30.5 Å². The van der Waals surface area contributed by atoms with E-state index in [9.17, 15) is 4.79 Å². The molecule has 1 N–H and O–H groups in total. The van der Waals surface area contributed by atoms with Crippen molar-refractivity contribution in [3.63, 3.8) is 0 Å². The summed E-state index contributed by atoms with van der Waals surface area (Å²) in [6.07, 6.45) is 6.77. The fourth-order valence-corrected chi connectivity index (χ4v) is 3.36. The second-order valence-electron chi connectivity index (χ2n) is 6.61. The molecule has 0 aliphatic heterocycles. The number of hydrogen-bond donors (Lipinski definition) is 2. The third kappa shape index (κ3) is 5.94. The van der Waals surface area contributed by atoms with Crippen molar-refractivity contribution in [3.05, 3.63) is 59.2 Å². The molecule has 0 heterocycles. The van der Waals surface area contributed by atoms with Crippen molar-refractivity contribution in [1.29, 1.82) is 0 Å². The van der Waals surface area contributed by atoms with Gasteiger partial charge in [0.2, 0.25) is 4.93 Å². The SMILES string of the molecule is C#CCOc1ccc(CCNC(=O)C(S)(OCC)c2ccc(CC)cc2)cc1OC. The Hall–Kier alpha value is -2.62. The highest BCUT2D eigenvalue weighted by Crippen LogP contribution is 2.31. The number of terminal acetylenes is 1. The van der Waals surface area contributed by atoms with Gasteiger partial charge in [-0.1, -0.05) is 43.2 Å². The van der Waals surface area contributed by atoms with E-state index < -0.39 is 4.93 Å². The summed E-state index contributed by atoms with van der Waals surface area (Å²) in [5, 5.41) is 2.93. The summed E-state index contributed by atoms with van der Waals surface area (Å²) >= 11 is 4.60. The van der Waals surface area contributed by atoms with Gasteiger partial charge < -0.3 is 19.5 Å². The highest BCUT2D eigenvalue weighted by atomic mass is 32.1. The second-order valence-corrected chi connectivity index (χ2v) is 7.24. The maximum atomic E-state index is 12.9. The van der Waals surface area contributed by atoms with Crippen molar-refractivity contribution in [1.82, 2.24) is 5.32 Å². The van der Waals surface area contributed by atoms with Crippen molar-refractivity contribution >= 4 is 18.5 Å². The van der Waals surface area contributed by atoms with Gasteiger partial charge in [-0.05, 0) is 43.0 Å². The molecule has 5 nitrogen and oxygen atoms in total. The molecule has 2 aromatic rings. The molecule has 0 saturated carbocycles. The molecule has 0 radical (unpaired) electrons. The van der Waals surface area contributed by atoms with Gasteiger partial charge >= 0.3 is 0 Å². The van der Waals surface area contributed by atoms with E-state index in [0.717, 1.165) is 12.0 Å². The summed E-state index contributed by atoms with van der Waals surface area (Å²) < 4.78 is 16.6. The Morgan fingerprint density at radius 1 is 1.13 bits per heavy atom. The fraction of sp³-hybridized carbons (Fsp3) is 0.375. The average Bonchev–Trinajstić information content (AvgIpc) is 2.78. The Morgan fingerprint density at radius 3 is 2.43 bits per heavy atom. The molecule has 1 atom stereocenters. The standard InChI is InChI=1S/C24H29NO4S/c1-5-16-28-21-13-10-19(17-22(21)27-4)14-15-25-23(26)24(30,29-7-3)20-11-8-18(6-2)9-12-20/h1,8-13,17,30H,6-7,14-16H2,2-4H3,(H,25,26). The van der Waals surface area contributed by atoms with Gasteiger partial charge in [-0.2, -0.15) is 0 Å². The van der Waals surface area contributed by atoms with E-state index >= 15 is 0 Å². The molecule has 0 aliphatic carbocycles. The molecule has 0 aromatic heterocycles. The zero-order valence-corrected chi connectivity index (χ0v) is 18.6.